The standard InChI is InChI=1S/C20H29ClN2O/c1-6-8-9-12-18-19(13-10-11-17(21)7-2)23-20(16(4)22-18)14-15(3)24-5/h7,10-11,14-15H,4,6,8-9,12-13H2,1-3,5H3/b11-10-,17-7+,20-14+. The summed E-state index contributed by atoms with van der Waals surface area (Å²) in [6.07, 6.45) is 12.9. The Morgan fingerprint density at radius 3 is 2.67 bits per heavy atom. The maximum atomic E-state index is 6.02. The lowest BCUT2D eigenvalue weighted by atomic mass is 10.1. The number of allylic oxidation sites excluding steroid dienone is 4. The maximum absolute atomic E-state index is 6.02. The first-order chi connectivity index (χ1) is 11.5. The van der Waals surface area contributed by atoms with E-state index in [4.69, 9.17) is 26.3 Å². The molecule has 1 heterocycles. The number of aromatic nitrogens is 2. The summed E-state index contributed by atoms with van der Waals surface area (Å²) in [5.41, 5.74) is 2.03. The molecule has 3 nitrogen and oxygen atoms in total. The van der Waals surface area contributed by atoms with Gasteiger partial charge in [-0.05, 0) is 38.8 Å². The minimum atomic E-state index is -0.0217. The molecule has 1 atom stereocenters. The number of ether oxygens (including phenoxy) is 1. The monoisotopic (exact) mass is 348 g/mol. The molecular weight excluding hydrogens is 320 g/mol. The zero-order valence-electron chi connectivity index (χ0n) is 15.3. The van der Waals surface area contributed by atoms with Crippen LogP contribution >= 0.6 is 11.6 Å². The first-order valence-corrected chi connectivity index (χ1v) is 8.97. The normalized spacial score (nSPS) is 14.5. The molecule has 0 spiro atoms. The van der Waals surface area contributed by atoms with Gasteiger partial charge in [0.2, 0.25) is 0 Å². The number of aryl methyl sites for hydroxylation is 1. The fraction of sp³-hybridized carbons (Fsp3) is 0.500. The molecular formula is C20H29ClN2O. The predicted molar refractivity (Wildman–Crippen MR) is 103 cm³/mol. The lowest BCUT2D eigenvalue weighted by Gasteiger charge is -2.08. The van der Waals surface area contributed by atoms with E-state index < -0.39 is 0 Å². The van der Waals surface area contributed by atoms with Crippen LogP contribution in [0.4, 0.5) is 0 Å². The van der Waals surface area contributed by atoms with Crippen molar-refractivity contribution in [3.05, 3.63) is 45.3 Å². The summed E-state index contributed by atoms with van der Waals surface area (Å²) in [5, 5.41) is 2.23. The number of hydrogen-bond donors (Lipinski definition) is 0. The smallest absolute Gasteiger partial charge is 0.0870 e. The van der Waals surface area contributed by atoms with Gasteiger partial charge in [-0.2, -0.15) is 0 Å². The highest BCUT2D eigenvalue weighted by molar-refractivity contribution is 6.31. The van der Waals surface area contributed by atoms with Crippen molar-refractivity contribution in [3.63, 3.8) is 0 Å². The van der Waals surface area contributed by atoms with Crippen molar-refractivity contribution in [1.82, 2.24) is 9.97 Å². The Morgan fingerprint density at radius 2 is 2.04 bits per heavy atom. The number of unbranched alkanes of at least 4 members (excludes halogenated alkanes) is 2. The lowest BCUT2D eigenvalue weighted by Crippen LogP contribution is -2.34. The van der Waals surface area contributed by atoms with Gasteiger partial charge >= 0.3 is 0 Å². The zero-order valence-corrected chi connectivity index (χ0v) is 16.1. The van der Waals surface area contributed by atoms with Gasteiger partial charge in [-0.1, -0.05) is 50.1 Å². The molecule has 0 aliphatic carbocycles. The van der Waals surface area contributed by atoms with Crippen molar-refractivity contribution in [3.8, 4) is 0 Å². The number of nitrogens with zero attached hydrogens (tertiary/aromatic N) is 2. The van der Waals surface area contributed by atoms with Crippen LogP contribution in [0.3, 0.4) is 0 Å². The van der Waals surface area contributed by atoms with Crippen LogP contribution in [-0.2, 0) is 17.6 Å². The van der Waals surface area contributed by atoms with Gasteiger partial charge in [-0.25, -0.2) is 9.97 Å². The van der Waals surface area contributed by atoms with Crippen LogP contribution < -0.4 is 10.7 Å². The summed E-state index contributed by atoms with van der Waals surface area (Å²) in [6, 6.07) is 0. The van der Waals surface area contributed by atoms with Crippen LogP contribution in [0.25, 0.3) is 12.7 Å². The molecule has 1 unspecified atom stereocenters. The molecule has 0 radical (unpaired) electrons. The van der Waals surface area contributed by atoms with Crippen LogP contribution in [0.1, 0.15) is 51.4 Å². The van der Waals surface area contributed by atoms with Gasteiger partial charge in [0.15, 0.2) is 0 Å². The van der Waals surface area contributed by atoms with Crippen molar-refractivity contribution in [2.75, 3.05) is 7.11 Å². The fourth-order valence-electron chi connectivity index (χ4n) is 2.27. The largest absolute Gasteiger partial charge is 0.378 e. The van der Waals surface area contributed by atoms with Crippen molar-refractivity contribution < 1.29 is 4.74 Å². The minimum absolute atomic E-state index is 0.0217. The quantitative estimate of drug-likeness (QED) is 0.504. The van der Waals surface area contributed by atoms with Gasteiger partial charge in [0, 0.05) is 18.6 Å². The fourth-order valence-corrected chi connectivity index (χ4v) is 2.36. The summed E-state index contributed by atoms with van der Waals surface area (Å²) in [4.78, 5) is 9.50. The van der Waals surface area contributed by atoms with Crippen LogP contribution in [0.2, 0.25) is 0 Å². The van der Waals surface area contributed by atoms with E-state index in [0.717, 1.165) is 34.6 Å². The Labute approximate surface area is 150 Å². The molecule has 0 aliphatic heterocycles. The van der Waals surface area contributed by atoms with Gasteiger partial charge in [0.25, 0.3) is 0 Å². The zero-order chi connectivity index (χ0) is 17.9. The third-order valence-electron chi connectivity index (χ3n) is 3.80. The molecule has 1 rings (SSSR count). The topological polar surface area (TPSA) is 35.0 Å². The van der Waals surface area contributed by atoms with Crippen LogP contribution in [0, 0.1) is 0 Å². The van der Waals surface area contributed by atoms with Gasteiger partial charge in [0.1, 0.15) is 0 Å². The summed E-state index contributed by atoms with van der Waals surface area (Å²) < 4.78 is 5.30. The molecule has 4 heteroatoms. The van der Waals surface area contributed by atoms with Gasteiger partial charge in [-0.15, -0.1) is 0 Å². The Kier molecular flexibility index (Phi) is 9.58. The Bertz CT molecular complexity index is 680. The van der Waals surface area contributed by atoms with Gasteiger partial charge in [-0.3, -0.25) is 0 Å². The van der Waals surface area contributed by atoms with E-state index >= 15 is 0 Å². The van der Waals surface area contributed by atoms with Crippen molar-refractivity contribution >= 4 is 24.3 Å². The van der Waals surface area contributed by atoms with Crippen molar-refractivity contribution in [2.24, 2.45) is 0 Å². The Hall–Kier alpha value is -1.45. The predicted octanol–water partition coefficient (Wildman–Crippen LogP) is 3.68. The van der Waals surface area contributed by atoms with E-state index in [1.54, 1.807) is 7.11 Å². The third-order valence-corrected chi connectivity index (χ3v) is 4.14. The second kappa shape index (κ2) is 11.2. The molecule has 0 bridgehead atoms. The van der Waals surface area contributed by atoms with Crippen molar-refractivity contribution in [1.29, 1.82) is 0 Å². The summed E-state index contributed by atoms with van der Waals surface area (Å²) in [6.45, 7) is 10.1. The molecule has 0 saturated carbocycles. The van der Waals surface area contributed by atoms with Gasteiger partial charge < -0.3 is 4.74 Å². The molecule has 1 aromatic heterocycles. The highest BCUT2D eigenvalue weighted by Crippen LogP contribution is 2.09. The highest BCUT2D eigenvalue weighted by Gasteiger charge is 2.06. The van der Waals surface area contributed by atoms with Crippen LogP contribution in [-0.4, -0.2) is 23.2 Å². The first kappa shape index (κ1) is 20.6. The van der Waals surface area contributed by atoms with E-state index in [9.17, 15) is 0 Å². The highest BCUT2D eigenvalue weighted by atomic mass is 35.5. The number of methoxy groups -OCH3 is 1. The third kappa shape index (κ3) is 6.98. The van der Waals surface area contributed by atoms with Crippen LogP contribution in [0.15, 0.2) is 23.3 Å². The molecule has 24 heavy (non-hydrogen) atoms. The van der Waals surface area contributed by atoms with Gasteiger partial charge in [0.05, 0.1) is 28.2 Å². The number of rotatable bonds is 9. The lowest BCUT2D eigenvalue weighted by molar-refractivity contribution is 0.167. The van der Waals surface area contributed by atoms with Crippen molar-refractivity contribution in [2.45, 2.75) is 59.0 Å². The average Bonchev–Trinajstić information content (AvgIpc) is 2.58. The summed E-state index contributed by atoms with van der Waals surface area (Å²) in [7, 11) is 1.68. The number of halogens is 1. The second-order valence-electron chi connectivity index (χ2n) is 5.79. The molecule has 0 fully saturated rings. The Morgan fingerprint density at radius 1 is 1.29 bits per heavy atom. The van der Waals surface area contributed by atoms with E-state index in [2.05, 4.69) is 13.5 Å². The molecule has 1 aromatic rings. The molecule has 0 aliphatic rings. The maximum Gasteiger partial charge on any atom is 0.0870 e. The van der Waals surface area contributed by atoms with E-state index in [1.165, 1.54) is 12.8 Å². The van der Waals surface area contributed by atoms with E-state index in [0.29, 0.717) is 11.8 Å². The molecule has 0 N–H and O–H groups in total. The minimum Gasteiger partial charge on any atom is -0.378 e. The Balaban J connectivity index is 3.17. The van der Waals surface area contributed by atoms with E-state index in [-0.39, 0.29) is 6.10 Å². The number of hydrogen-bond acceptors (Lipinski definition) is 3. The molecule has 0 saturated heterocycles. The summed E-state index contributed by atoms with van der Waals surface area (Å²) in [5.74, 6) is 0. The molecule has 0 amide bonds. The molecule has 132 valence electrons. The SMILES string of the molecule is C=c1nc(CCCCC)c(C/C=C\C(Cl)=C/C)n/c1=C/C(C)OC. The van der Waals surface area contributed by atoms with Crippen LogP contribution in [0.5, 0.6) is 0 Å². The average molecular weight is 349 g/mol. The molecule has 0 aromatic carbocycles. The first-order valence-electron chi connectivity index (χ1n) is 8.59. The second-order valence-corrected chi connectivity index (χ2v) is 6.23. The van der Waals surface area contributed by atoms with E-state index in [1.807, 2.05) is 38.2 Å². The summed E-state index contributed by atoms with van der Waals surface area (Å²) >= 11 is 6.02.